The second-order valence-electron chi connectivity index (χ2n) is 11.0. The van der Waals surface area contributed by atoms with Crippen molar-refractivity contribution < 1.29 is 9.59 Å². The van der Waals surface area contributed by atoms with Crippen molar-refractivity contribution in [2.75, 3.05) is 13.1 Å². The van der Waals surface area contributed by atoms with Crippen molar-refractivity contribution in [1.29, 1.82) is 0 Å². The molecule has 0 bridgehead atoms. The van der Waals surface area contributed by atoms with Crippen molar-refractivity contribution in [2.45, 2.75) is 43.8 Å². The van der Waals surface area contributed by atoms with Crippen LogP contribution in [0.3, 0.4) is 0 Å². The Kier molecular flexibility index (Phi) is 7.54. The number of benzene rings is 3. The number of hydrogen-bond donors (Lipinski definition) is 2. The highest BCUT2D eigenvalue weighted by molar-refractivity contribution is 6.31. The van der Waals surface area contributed by atoms with Gasteiger partial charge in [0.05, 0.1) is 11.6 Å². The van der Waals surface area contributed by atoms with E-state index in [4.69, 9.17) is 11.6 Å². The van der Waals surface area contributed by atoms with E-state index in [0.29, 0.717) is 19.5 Å². The van der Waals surface area contributed by atoms with Crippen LogP contribution in [0.1, 0.15) is 35.4 Å². The third-order valence-corrected chi connectivity index (χ3v) is 8.65. The maximum Gasteiger partial charge on any atom is 0.243 e. The second-order valence-corrected chi connectivity index (χ2v) is 11.4. The number of fused-ring (bicyclic) bond motifs is 1. The Labute approximate surface area is 238 Å². The van der Waals surface area contributed by atoms with Gasteiger partial charge in [0, 0.05) is 31.7 Å². The van der Waals surface area contributed by atoms with Gasteiger partial charge in [-0.1, -0.05) is 71.4 Å². The van der Waals surface area contributed by atoms with Crippen LogP contribution >= 0.6 is 11.6 Å². The van der Waals surface area contributed by atoms with Crippen LogP contribution in [0.15, 0.2) is 72.8 Å². The maximum absolute atomic E-state index is 13.9. The van der Waals surface area contributed by atoms with Gasteiger partial charge in [-0.25, -0.2) is 4.68 Å². The summed E-state index contributed by atoms with van der Waals surface area (Å²) in [6, 6.07) is 23.1. The largest absolute Gasteiger partial charge is 0.350 e. The Balaban J connectivity index is 1.17. The molecule has 2 fully saturated rings. The number of aryl methyl sites for hydroxylation is 1. The average Bonchev–Trinajstić information content (AvgIpc) is 3.72. The number of aromatic nitrogens is 3. The van der Waals surface area contributed by atoms with Gasteiger partial charge in [0.25, 0.3) is 0 Å². The number of halogens is 1. The highest BCUT2D eigenvalue weighted by atomic mass is 35.5. The molecule has 3 aromatic carbocycles. The molecule has 4 unspecified atom stereocenters. The molecule has 8 nitrogen and oxygen atoms in total. The summed E-state index contributed by atoms with van der Waals surface area (Å²) in [4.78, 5) is 29.2. The first-order valence-corrected chi connectivity index (χ1v) is 14.2. The van der Waals surface area contributed by atoms with Crippen molar-refractivity contribution >= 4 is 34.4 Å². The van der Waals surface area contributed by atoms with Crippen LogP contribution in [-0.4, -0.2) is 56.9 Å². The molecule has 2 N–H and O–H groups in total. The van der Waals surface area contributed by atoms with E-state index in [9.17, 15) is 9.59 Å². The zero-order valence-corrected chi connectivity index (χ0v) is 23.2. The molecule has 6 rings (SSSR count). The monoisotopic (exact) mass is 556 g/mol. The molecule has 206 valence electrons. The van der Waals surface area contributed by atoms with Crippen molar-refractivity contribution in [3.8, 4) is 0 Å². The minimum absolute atomic E-state index is 0.00113. The SMILES string of the molecule is Cn1nnc2cc(CNC(=O)C3CC(Cc4ccccc4Cl)CN3C(=O)C3CC(c4ccccc4)CN3)ccc21. The summed E-state index contributed by atoms with van der Waals surface area (Å²) in [6.07, 6.45) is 2.04. The van der Waals surface area contributed by atoms with Gasteiger partial charge in [0.15, 0.2) is 0 Å². The molecule has 2 aliphatic rings. The van der Waals surface area contributed by atoms with Gasteiger partial charge in [0.1, 0.15) is 11.6 Å². The highest BCUT2D eigenvalue weighted by Crippen LogP contribution is 2.32. The number of rotatable bonds is 7. The van der Waals surface area contributed by atoms with Crippen LogP contribution in [0.25, 0.3) is 11.0 Å². The predicted octanol–water partition coefficient (Wildman–Crippen LogP) is 3.84. The van der Waals surface area contributed by atoms with Crippen LogP contribution < -0.4 is 10.6 Å². The van der Waals surface area contributed by atoms with Crippen molar-refractivity contribution in [3.05, 3.63) is 94.5 Å². The lowest BCUT2D eigenvalue weighted by Gasteiger charge is -2.27. The number of likely N-dealkylation sites (tertiary alicyclic amines) is 1. The Morgan fingerprint density at radius 3 is 2.67 bits per heavy atom. The van der Waals surface area contributed by atoms with E-state index < -0.39 is 6.04 Å². The van der Waals surface area contributed by atoms with E-state index in [1.165, 1.54) is 5.56 Å². The zero-order valence-electron chi connectivity index (χ0n) is 22.5. The van der Waals surface area contributed by atoms with Gasteiger partial charge in [0.2, 0.25) is 11.8 Å². The molecule has 0 saturated carbocycles. The third-order valence-electron chi connectivity index (χ3n) is 8.28. The standard InChI is InChI=1S/C31H33ClN6O2/c1-37-28-12-11-20(14-26(28)35-36-37)17-34-30(39)29-15-21(13-23-9-5-6-10-25(23)32)19-38(29)31(40)27-16-24(18-33-27)22-7-3-2-4-8-22/h2-12,14,21,24,27,29,33H,13,15-19H2,1H3,(H,34,39). The van der Waals surface area contributed by atoms with Gasteiger partial charge in [-0.3, -0.25) is 9.59 Å². The average molecular weight is 557 g/mol. The molecule has 4 aromatic rings. The van der Waals surface area contributed by atoms with Crippen LogP contribution in [0.5, 0.6) is 0 Å². The first-order valence-electron chi connectivity index (χ1n) is 13.8. The smallest absolute Gasteiger partial charge is 0.243 e. The number of amides is 2. The molecule has 9 heteroatoms. The number of hydrogen-bond acceptors (Lipinski definition) is 5. The second kappa shape index (κ2) is 11.4. The lowest BCUT2D eigenvalue weighted by atomic mass is 9.96. The number of nitrogens with zero attached hydrogens (tertiary/aromatic N) is 4. The minimum atomic E-state index is -0.530. The molecule has 3 heterocycles. The van der Waals surface area contributed by atoms with Crippen LogP contribution in [-0.2, 0) is 29.6 Å². The molecule has 0 spiro atoms. The third kappa shape index (κ3) is 5.46. The lowest BCUT2D eigenvalue weighted by Crippen LogP contribution is -2.51. The van der Waals surface area contributed by atoms with Gasteiger partial charge < -0.3 is 15.5 Å². The molecule has 0 aliphatic carbocycles. The van der Waals surface area contributed by atoms with Crippen molar-refractivity contribution in [3.63, 3.8) is 0 Å². The normalized spacial score (nSPS) is 22.6. The molecule has 40 heavy (non-hydrogen) atoms. The predicted molar refractivity (Wildman–Crippen MR) is 155 cm³/mol. The molecular formula is C31H33ClN6O2. The topological polar surface area (TPSA) is 92.2 Å². The summed E-state index contributed by atoms with van der Waals surface area (Å²) < 4.78 is 1.72. The van der Waals surface area contributed by atoms with E-state index in [-0.39, 0.29) is 29.7 Å². The summed E-state index contributed by atoms with van der Waals surface area (Å²) in [7, 11) is 1.85. The minimum Gasteiger partial charge on any atom is -0.350 e. The fourth-order valence-corrected chi connectivity index (χ4v) is 6.36. The highest BCUT2D eigenvalue weighted by Gasteiger charge is 2.43. The zero-order chi connectivity index (χ0) is 27.6. The van der Waals surface area contributed by atoms with Crippen LogP contribution in [0.2, 0.25) is 5.02 Å². The van der Waals surface area contributed by atoms with Crippen LogP contribution in [0, 0.1) is 5.92 Å². The Morgan fingerprint density at radius 1 is 1.05 bits per heavy atom. The molecular weight excluding hydrogens is 524 g/mol. The lowest BCUT2D eigenvalue weighted by molar-refractivity contribution is -0.139. The quantitative estimate of drug-likeness (QED) is 0.361. The summed E-state index contributed by atoms with van der Waals surface area (Å²) in [5, 5.41) is 15.5. The number of nitrogens with one attached hydrogen (secondary N) is 2. The summed E-state index contributed by atoms with van der Waals surface area (Å²) in [5.74, 6) is 0.287. The first kappa shape index (κ1) is 26.5. The van der Waals surface area contributed by atoms with Crippen LogP contribution in [0.4, 0.5) is 0 Å². The summed E-state index contributed by atoms with van der Waals surface area (Å²) in [6.45, 7) is 1.64. The molecule has 2 amide bonds. The molecule has 1 aromatic heterocycles. The van der Waals surface area contributed by atoms with Gasteiger partial charge >= 0.3 is 0 Å². The van der Waals surface area contributed by atoms with Gasteiger partial charge in [-0.2, -0.15) is 0 Å². The van der Waals surface area contributed by atoms with E-state index >= 15 is 0 Å². The van der Waals surface area contributed by atoms with E-state index in [1.54, 1.807) is 9.58 Å². The van der Waals surface area contributed by atoms with E-state index in [1.807, 2.05) is 67.7 Å². The van der Waals surface area contributed by atoms with Gasteiger partial charge in [-0.05, 0) is 66.0 Å². The Morgan fingerprint density at radius 2 is 1.85 bits per heavy atom. The maximum atomic E-state index is 13.9. The van der Waals surface area contributed by atoms with Gasteiger partial charge in [-0.15, -0.1) is 5.10 Å². The number of carbonyl (C=O) groups is 2. The van der Waals surface area contributed by atoms with E-state index in [2.05, 4.69) is 33.1 Å². The fourth-order valence-electron chi connectivity index (χ4n) is 6.14. The summed E-state index contributed by atoms with van der Waals surface area (Å²) >= 11 is 6.46. The van der Waals surface area contributed by atoms with Crippen molar-refractivity contribution in [1.82, 2.24) is 30.5 Å². The fraction of sp³-hybridized carbons (Fsp3) is 0.355. The first-order chi connectivity index (χ1) is 19.5. The molecule has 4 atom stereocenters. The van der Waals surface area contributed by atoms with Crippen molar-refractivity contribution in [2.24, 2.45) is 13.0 Å². The molecule has 2 saturated heterocycles. The molecule has 2 aliphatic heterocycles. The molecule has 0 radical (unpaired) electrons. The summed E-state index contributed by atoms with van der Waals surface area (Å²) in [5.41, 5.74) is 4.93. The Bertz CT molecular complexity index is 1520. The van der Waals surface area contributed by atoms with E-state index in [0.717, 1.165) is 46.6 Å². The Hall–Kier alpha value is -3.75. The number of carbonyl (C=O) groups excluding carboxylic acids is 2.